The quantitative estimate of drug-likeness (QED) is 0.415. The van der Waals surface area contributed by atoms with Crippen LogP contribution in [0.2, 0.25) is 0 Å². The second-order valence-corrected chi connectivity index (χ2v) is 12.0. The van der Waals surface area contributed by atoms with E-state index in [-0.39, 0.29) is 39.3 Å². The predicted molar refractivity (Wildman–Crippen MR) is 132 cm³/mol. The van der Waals surface area contributed by atoms with Crippen molar-refractivity contribution in [1.29, 1.82) is 0 Å². The Morgan fingerprint density at radius 1 is 1.18 bits per heavy atom. The third-order valence-corrected chi connectivity index (χ3v) is 8.19. The van der Waals surface area contributed by atoms with E-state index >= 15 is 0 Å². The van der Waals surface area contributed by atoms with Gasteiger partial charge >= 0.3 is 12.4 Å². The van der Waals surface area contributed by atoms with Crippen molar-refractivity contribution in [2.24, 2.45) is 5.41 Å². The number of alkyl halides is 6. The van der Waals surface area contributed by atoms with Crippen molar-refractivity contribution in [2.45, 2.75) is 83.5 Å². The van der Waals surface area contributed by atoms with Crippen LogP contribution >= 0.6 is 11.3 Å². The van der Waals surface area contributed by atoms with Crippen molar-refractivity contribution < 1.29 is 46.1 Å². The van der Waals surface area contributed by atoms with Crippen LogP contribution in [-0.4, -0.2) is 74.6 Å². The number of aromatic nitrogens is 1. The first kappa shape index (κ1) is 31.1. The Morgan fingerprint density at radius 2 is 1.77 bits per heavy atom. The van der Waals surface area contributed by atoms with Crippen molar-refractivity contribution in [3.05, 3.63) is 33.3 Å². The number of nitrogens with zero attached hydrogens (tertiary/aromatic N) is 2. The van der Waals surface area contributed by atoms with Gasteiger partial charge in [-0.3, -0.25) is 9.59 Å². The van der Waals surface area contributed by atoms with Crippen LogP contribution in [0.1, 0.15) is 79.0 Å². The summed E-state index contributed by atoms with van der Waals surface area (Å²) in [6.45, 7) is 6.99. The normalized spacial score (nSPS) is 23.0. The molecule has 218 valence electrons. The van der Waals surface area contributed by atoms with Gasteiger partial charge in [0, 0.05) is 24.5 Å². The molecule has 0 radical (unpaired) electrons. The van der Waals surface area contributed by atoms with E-state index in [9.17, 15) is 46.1 Å². The highest BCUT2D eigenvalue weighted by Gasteiger charge is 2.77. The van der Waals surface area contributed by atoms with E-state index in [1.165, 1.54) is 20.8 Å². The summed E-state index contributed by atoms with van der Waals surface area (Å²) >= 11 is 0.767. The summed E-state index contributed by atoms with van der Waals surface area (Å²) < 4.78 is 82.0. The van der Waals surface area contributed by atoms with Gasteiger partial charge in [-0.05, 0) is 58.1 Å². The molecule has 2 atom stereocenters. The highest BCUT2D eigenvalue weighted by atomic mass is 32.1. The highest BCUT2D eigenvalue weighted by Crippen LogP contribution is 2.57. The van der Waals surface area contributed by atoms with Crippen LogP contribution in [0.25, 0.3) is 5.57 Å². The van der Waals surface area contributed by atoms with Crippen molar-refractivity contribution in [3.63, 3.8) is 0 Å². The third-order valence-electron chi connectivity index (χ3n) is 7.10. The Bertz CT molecular complexity index is 1180. The molecular formula is C25H31F6N3O4S. The van der Waals surface area contributed by atoms with Crippen molar-refractivity contribution >= 4 is 28.7 Å². The zero-order valence-corrected chi connectivity index (χ0v) is 22.9. The molecule has 3 N–H and O–H groups in total. The molecule has 0 spiro atoms. The van der Waals surface area contributed by atoms with E-state index in [0.717, 1.165) is 30.3 Å². The number of rotatable bonds is 6. The molecule has 1 aromatic rings. The molecule has 1 saturated heterocycles. The zero-order valence-electron chi connectivity index (χ0n) is 22.0. The Morgan fingerprint density at radius 3 is 2.23 bits per heavy atom. The second-order valence-electron chi connectivity index (χ2n) is 11.0. The lowest BCUT2D eigenvalue weighted by Crippen LogP contribution is -2.65. The maximum absolute atomic E-state index is 13.7. The monoisotopic (exact) mass is 583 g/mol. The smallest absolute Gasteiger partial charge is 0.389 e. The standard InChI is InChI=1S/C25H31F6N3O4S/c1-13-11-22(5,23(38,24(26,27)28)25(29,30)31)9-8-15(13)17-16(20(36)34-10-6-7-14(34)2)33-19(39-17)18(35)32-12-21(3,4)37/h8,11,14,37-38H,6-7,9-10,12H2,1-5H3,(H,32,35)/t14-,22?/m0/s1. The van der Waals surface area contributed by atoms with Crippen LogP contribution in [-0.2, 0) is 0 Å². The third kappa shape index (κ3) is 5.73. The van der Waals surface area contributed by atoms with Gasteiger partial charge in [0.2, 0.25) is 0 Å². The van der Waals surface area contributed by atoms with Gasteiger partial charge in [0.1, 0.15) is 5.69 Å². The molecule has 1 aromatic heterocycles. The van der Waals surface area contributed by atoms with E-state index in [0.29, 0.717) is 19.5 Å². The van der Waals surface area contributed by atoms with Crippen molar-refractivity contribution in [3.8, 4) is 0 Å². The topological polar surface area (TPSA) is 103 Å². The predicted octanol–water partition coefficient (Wildman–Crippen LogP) is 4.86. The highest BCUT2D eigenvalue weighted by molar-refractivity contribution is 7.15. The van der Waals surface area contributed by atoms with Gasteiger partial charge in [-0.25, -0.2) is 4.98 Å². The number of carbonyl (C=O) groups excluding carboxylic acids is 2. The Balaban J connectivity index is 2.08. The Labute approximate surface area is 225 Å². The van der Waals surface area contributed by atoms with Crippen molar-refractivity contribution in [2.75, 3.05) is 13.1 Å². The number of nitrogens with one attached hydrogen (secondary N) is 1. The number of hydrogen-bond acceptors (Lipinski definition) is 6. The molecule has 2 aliphatic rings. The molecule has 3 rings (SSSR count). The molecule has 1 unspecified atom stereocenters. The molecule has 0 bridgehead atoms. The number of thiazole rings is 1. The number of amides is 2. The average Bonchev–Trinajstić information content (AvgIpc) is 3.41. The minimum absolute atomic E-state index is 0.0497. The van der Waals surface area contributed by atoms with Gasteiger partial charge in [-0.15, -0.1) is 11.3 Å². The van der Waals surface area contributed by atoms with Gasteiger partial charge < -0.3 is 20.4 Å². The maximum atomic E-state index is 13.7. The summed E-state index contributed by atoms with van der Waals surface area (Å²) in [5, 5.41) is 22.3. The minimum Gasteiger partial charge on any atom is -0.389 e. The lowest BCUT2D eigenvalue weighted by atomic mass is 9.66. The lowest BCUT2D eigenvalue weighted by Gasteiger charge is -2.46. The summed E-state index contributed by atoms with van der Waals surface area (Å²) in [4.78, 5) is 32.1. The van der Waals surface area contributed by atoms with Crippen LogP contribution in [0, 0.1) is 5.41 Å². The number of allylic oxidation sites excluding steroid dienone is 3. The summed E-state index contributed by atoms with van der Waals surface area (Å²) in [5.74, 6) is -1.22. The van der Waals surface area contributed by atoms with Crippen LogP contribution in [0.5, 0.6) is 0 Å². The molecule has 1 aliphatic carbocycles. The molecule has 14 heteroatoms. The van der Waals surface area contributed by atoms with Gasteiger partial charge in [-0.2, -0.15) is 26.3 Å². The van der Waals surface area contributed by atoms with Gasteiger partial charge in [0.05, 0.1) is 10.5 Å². The Hall–Kier alpha value is -2.45. The molecule has 0 saturated carbocycles. The fourth-order valence-corrected chi connectivity index (χ4v) is 5.99. The summed E-state index contributed by atoms with van der Waals surface area (Å²) in [5.41, 5.74) is -9.13. The first-order chi connectivity index (χ1) is 17.6. The molecule has 39 heavy (non-hydrogen) atoms. The first-order valence-electron chi connectivity index (χ1n) is 12.2. The van der Waals surface area contributed by atoms with Crippen LogP contribution in [0.15, 0.2) is 17.7 Å². The van der Waals surface area contributed by atoms with Crippen LogP contribution in [0.4, 0.5) is 26.3 Å². The molecule has 7 nitrogen and oxygen atoms in total. The van der Waals surface area contributed by atoms with E-state index < -0.39 is 47.2 Å². The van der Waals surface area contributed by atoms with E-state index in [1.807, 2.05) is 6.92 Å². The van der Waals surface area contributed by atoms with E-state index in [2.05, 4.69) is 10.3 Å². The molecule has 1 fully saturated rings. The fourth-order valence-electron chi connectivity index (χ4n) is 4.91. The van der Waals surface area contributed by atoms with Gasteiger partial charge in [-0.1, -0.05) is 19.1 Å². The van der Waals surface area contributed by atoms with Gasteiger partial charge in [0.15, 0.2) is 5.01 Å². The largest absolute Gasteiger partial charge is 0.427 e. The zero-order chi connectivity index (χ0) is 29.8. The molecule has 2 heterocycles. The SMILES string of the molecule is CC1=CC(C)(C(O)(C(F)(F)F)C(F)(F)F)CC=C1c1sc(C(=O)NCC(C)(C)O)nc1C(=O)N1CCC[C@@H]1C. The van der Waals surface area contributed by atoms with Crippen molar-refractivity contribution in [1.82, 2.24) is 15.2 Å². The molecule has 0 aromatic carbocycles. The average molecular weight is 584 g/mol. The van der Waals surface area contributed by atoms with Crippen LogP contribution in [0.3, 0.4) is 0 Å². The second kappa shape index (κ2) is 10.2. The molecular weight excluding hydrogens is 552 g/mol. The number of hydrogen-bond donors (Lipinski definition) is 3. The summed E-state index contributed by atoms with van der Waals surface area (Å²) in [6.07, 6.45) is -9.62. The summed E-state index contributed by atoms with van der Waals surface area (Å²) in [6, 6.07) is -0.131. The number of halogens is 6. The summed E-state index contributed by atoms with van der Waals surface area (Å²) in [7, 11) is 0. The van der Waals surface area contributed by atoms with E-state index in [1.54, 1.807) is 4.90 Å². The number of likely N-dealkylation sites (tertiary alicyclic amines) is 1. The fraction of sp³-hybridized carbons (Fsp3) is 0.640. The molecule has 2 amide bonds. The first-order valence-corrected chi connectivity index (χ1v) is 13.0. The Kier molecular flexibility index (Phi) is 8.12. The minimum atomic E-state index is -6.02. The van der Waals surface area contributed by atoms with E-state index in [4.69, 9.17) is 0 Å². The number of aliphatic hydroxyl groups is 2. The maximum Gasteiger partial charge on any atom is 0.427 e. The number of carbonyl (C=O) groups is 2. The lowest BCUT2D eigenvalue weighted by molar-refractivity contribution is -0.395. The van der Waals surface area contributed by atoms with Crippen LogP contribution < -0.4 is 5.32 Å². The molecule has 1 aliphatic heterocycles. The van der Waals surface area contributed by atoms with Gasteiger partial charge in [0.25, 0.3) is 17.4 Å².